The van der Waals surface area contributed by atoms with E-state index in [0.717, 1.165) is 73.2 Å². The van der Waals surface area contributed by atoms with Crippen molar-refractivity contribution in [2.24, 2.45) is 0 Å². The molecule has 0 saturated heterocycles. The second-order valence-corrected chi connectivity index (χ2v) is 28.9. The van der Waals surface area contributed by atoms with Gasteiger partial charge in [0.05, 0.1) is 55.6 Å². The lowest BCUT2D eigenvalue weighted by Gasteiger charge is -2.15. The summed E-state index contributed by atoms with van der Waals surface area (Å²) >= 11 is 0. The molecule has 0 atom stereocenters. The first-order valence-electron chi connectivity index (χ1n) is 38.2. The molecule has 0 radical (unpaired) electrons. The van der Waals surface area contributed by atoms with E-state index in [2.05, 4.69) is 284 Å². The molecule has 10 heteroatoms. The van der Waals surface area contributed by atoms with Crippen molar-refractivity contribution in [3.63, 3.8) is 0 Å². The summed E-state index contributed by atoms with van der Waals surface area (Å²) in [6.07, 6.45) is 1.04. The van der Waals surface area contributed by atoms with E-state index in [-0.39, 0.29) is 5.82 Å². The molecule has 6 aromatic heterocycles. The molecule has 0 saturated carbocycles. The van der Waals surface area contributed by atoms with Gasteiger partial charge in [-0.25, -0.2) is 34.3 Å². The van der Waals surface area contributed by atoms with Gasteiger partial charge < -0.3 is 13.5 Å². The predicted octanol–water partition coefficient (Wildman–Crippen LogP) is 25.8. The van der Waals surface area contributed by atoms with E-state index in [0.29, 0.717) is 40.5 Å². The van der Waals surface area contributed by atoms with Crippen LogP contribution in [0.3, 0.4) is 0 Å². The Morgan fingerprint density at radius 2 is 0.602 bits per heavy atom. The maximum atomic E-state index is 14.5. The molecule has 113 heavy (non-hydrogen) atoms. The number of nitrogens with zero attached hydrogens (tertiary/aromatic N) is 9. The molecule has 9 nitrogen and oxygen atoms in total. The smallest absolute Gasteiger partial charge is 0.167 e. The first-order valence-corrected chi connectivity index (χ1v) is 38.2. The summed E-state index contributed by atoms with van der Waals surface area (Å²) in [7, 11) is 0. The number of fused-ring (bicyclic) bond motifs is 10. The van der Waals surface area contributed by atoms with Gasteiger partial charge in [-0.1, -0.05) is 303 Å². The zero-order valence-corrected chi connectivity index (χ0v) is 60.9. The summed E-state index contributed by atoms with van der Waals surface area (Å²) in [6, 6.07) is 130. The van der Waals surface area contributed by atoms with Gasteiger partial charge in [0.1, 0.15) is 5.82 Å². The predicted molar refractivity (Wildman–Crippen MR) is 460 cm³/mol. The Balaban J connectivity index is 0.000000115. The molecule has 7 heterocycles. The molecule has 2 aliphatic rings. The normalized spacial score (nSPS) is 11.9. The fourth-order valence-electron chi connectivity index (χ4n) is 17.5. The fourth-order valence-corrected chi connectivity index (χ4v) is 17.5. The van der Waals surface area contributed by atoms with Crippen LogP contribution in [-0.4, -0.2) is 43.4 Å². The number of hydrogen-bond acceptors (Lipinski definition) is 6. The standard InChI is InChI=1S/C51H31N5.C27H18FN3.C25H15N/c1-3-15-32(16-4-1)34-19-11-20-35(31-34)50-52-49(33-17-5-2-6-18-33)53-51(54-50)40-22-8-10-27-42(40)55-43-28-13-23-37-39-25-12-24-38-36-21-7-9-26-41(36)56(48(38)39)45-30-14-29-44(55)47(45)46(37)43;28-24-17-8-7-16-23(24)27-30-25(20-12-5-2-6-13-20)29-26(31-27)22-15-9-14-21(18-22)19-10-3-1-4-11-19;1-2-12-21-17(8-1)19-10-5-11-20-18-9-3-6-15-14-16-7-4-13-22(24(16)23(15)18)26(21)25(19)20/h1-31H;1-18H;1-13H,14H2. The Morgan fingerprint density at radius 1 is 0.221 bits per heavy atom. The van der Waals surface area contributed by atoms with Crippen molar-refractivity contribution in [2.45, 2.75) is 6.42 Å². The van der Waals surface area contributed by atoms with Crippen molar-refractivity contribution >= 4 is 81.7 Å². The molecule has 0 spiro atoms. The molecule has 16 aromatic carbocycles. The minimum Gasteiger partial charge on any atom is -0.308 e. The van der Waals surface area contributed by atoms with Crippen molar-refractivity contribution in [3.05, 3.63) is 393 Å². The van der Waals surface area contributed by atoms with Gasteiger partial charge in [-0.3, -0.25) is 0 Å². The Labute approximate surface area is 649 Å². The van der Waals surface area contributed by atoms with Gasteiger partial charge in [0.2, 0.25) is 0 Å². The first kappa shape index (κ1) is 65.0. The molecule has 0 N–H and O–H groups in total. The lowest BCUT2D eigenvalue weighted by atomic mass is 9.93. The van der Waals surface area contributed by atoms with Crippen molar-refractivity contribution in [2.75, 3.05) is 0 Å². The van der Waals surface area contributed by atoms with Crippen LogP contribution in [0.4, 0.5) is 4.39 Å². The molecule has 0 amide bonds. The van der Waals surface area contributed by atoms with E-state index in [1.54, 1.807) is 18.2 Å². The maximum absolute atomic E-state index is 14.5. The van der Waals surface area contributed by atoms with Gasteiger partial charge in [-0.2, -0.15) is 0 Å². The van der Waals surface area contributed by atoms with Gasteiger partial charge in [-0.05, 0) is 129 Å². The summed E-state index contributed by atoms with van der Waals surface area (Å²) in [6.45, 7) is 0. The van der Waals surface area contributed by atoms with E-state index >= 15 is 0 Å². The van der Waals surface area contributed by atoms with Gasteiger partial charge in [-0.15, -0.1) is 0 Å². The van der Waals surface area contributed by atoms with E-state index in [1.807, 2.05) is 91.0 Å². The summed E-state index contributed by atoms with van der Waals surface area (Å²) in [5.41, 5.74) is 28.6. The second kappa shape index (κ2) is 26.6. The average molecular weight is 1450 g/mol. The number of benzene rings is 16. The van der Waals surface area contributed by atoms with Gasteiger partial charge in [0, 0.05) is 76.6 Å². The molecule has 1 aliphatic heterocycles. The van der Waals surface area contributed by atoms with Crippen molar-refractivity contribution in [3.8, 4) is 124 Å². The lowest BCUT2D eigenvalue weighted by molar-refractivity contribution is 0.630. The summed E-state index contributed by atoms with van der Waals surface area (Å²) < 4.78 is 21.9. The van der Waals surface area contributed by atoms with Crippen LogP contribution in [0.15, 0.2) is 376 Å². The molecule has 0 bridgehead atoms. The van der Waals surface area contributed by atoms with E-state index in [4.69, 9.17) is 19.9 Å². The summed E-state index contributed by atoms with van der Waals surface area (Å²) in [5.74, 6) is 2.84. The number of rotatable bonds is 9. The highest BCUT2D eigenvalue weighted by Crippen LogP contribution is 2.53. The first-order chi connectivity index (χ1) is 56.0. The van der Waals surface area contributed by atoms with Gasteiger partial charge in [0.25, 0.3) is 0 Å². The third-order valence-corrected chi connectivity index (χ3v) is 22.4. The topological polar surface area (TPSA) is 91.6 Å². The van der Waals surface area contributed by atoms with Crippen molar-refractivity contribution < 1.29 is 4.39 Å². The SMILES string of the molecule is Fc1ccccc1-c1nc(-c2ccccc2)nc(-c2cccc(-c3ccccc3)c2)n1.c1cc2c3c(c1)-c1cccc4c5ccccc5n(c14)-c1cccc(c1-3)C2.c1ccc(-c2cccc(-c3nc(-c4ccccc4)nc(-c4ccccc4-n4c5cccc6c7cccc8c9ccccc9n(c9cccc4c9c65)c78)n3)c2)cc1. The van der Waals surface area contributed by atoms with Crippen molar-refractivity contribution in [1.82, 2.24) is 43.4 Å². The Bertz CT molecular complexity index is 7530. The molecule has 0 fully saturated rings. The molecule has 0 unspecified atom stereocenters. The monoisotopic (exact) mass is 1450 g/mol. The molecular formula is C103H64FN9. The van der Waals surface area contributed by atoms with Gasteiger partial charge in [0.15, 0.2) is 34.9 Å². The molecule has 1 aliphatic carbocycles. The second-order valence-electron chi connectivity index (χ2n) is 28.9. The van der Waals surface area contributed by atoms with E-state index < -0.39 is 0 Å². The Morgan fingerprint density at radius 3 is 1.25 bits per heavy atom. The number of aromatic nitrogens is 9. The van der Waals surface area contributed by atoms with Crippen LogP contribution in [-0.2, 0) is 6.42 Å². The average Bonchev–Trinajstić information content (AvgIpc) is 1.71. The highest BCUT2D eigenvalue weighted by Gasteiger charge is 2.32. The van der Waals surface area contributed by atoms with Crippen LogP contribution in [0.2, 0.25) is 0 Å². The quantitative estimate of drug-likeness (QED) is 0.143. The number of hydrogen-bond donors (Lipinski definition) is 0. The van der Waals surface area contributed by atoms with E-state index in [9.17, 15) is 4.39 Å². The third kappa shape index (κ3) is 10.7. The van der Waals surface area contributed by atoms with Crippen LogP contribution in [0.25, 0.3) is 206 Å². The molecule has 24 rings (SSSR count). The number of para-hydroxylation sites is 5. The van der Waals surface area contributed by atoms with Crippen LogP contribution in [0.5, 0.6) is 0 Å². The summed E-state index contributed by atoms with van der Waals surface area (Å²) in [5, 5.41) is 10.1. The fraction of sp³-hybridized carbons (Fsp3) is 0.00971. The zero-order valence-electron chi connectivity index (χ0n) is 60.9. The van der Waals surface area contributed by atoms with Gasteiger partial charge >= 0.3 is 0 Å². The largest absolute Gasteiger partial charge is 0.308 e. The molecule has 528 valence electrons. The number of halogens is 1. The highest BCUT2D eigenvalue weighted by molar-refractivity contribution is 6.31. The minimum atomic E-state index is -0.364. The Kier molecular flexibility index (Phi) is 15.3. The molecular weight excluding hydrogens is 1380 g/mol. The maximum Gasteiger partial charge on any atom is 0.167 e. The van der Waals surface area contributed by atoms with Crippen LogP contribution in [0, 0.1) is 5.82 Å². The van der Waals surface area contributed by atoms with Crippen LogP contribution < -0.4 is 0 Å². The van der Waals surface area contributed by atoms with Crippen LogP contribution in [0.1, 0.15) is 11.1 Å². The lowest BCUT2D eigenvalue weighted by Crippen LogP contribution is -2.03. The minimum absolute atomic E-state index is 0.312. The highest BCUT2D eigenvalue weighted by atomic mass is 19.1. The van der Waals surface area contributed by atoms with Crippen molar-refractivity contribution in [1.29, 1.82) is 0 Å². The third-order valence-electron chi connectivity index (χ3n) is 22.4. The summed E-state index contributed by atoms with van der Waals surface area (Å²) in [4.78, 5) is 29.5. The van der Waals surface area contributed by atoms with Crippen LogP contribution >= 0.6 is 0 Å². The van der Waals surface area contributed by atoms with E-state index in [1.165, 1.54) is 116 Å². The Hall–Kier alpha value is -15.1. The molecule has 22 aromatic rings. The zero-order chi connectivity index (χ0) is 74.6.